The first kappa shape index (κ1) is 18.8. The molecule has 1 aliphatic rings. The molecule has 24 heavy (non-hydrogen) atoms. The molecule has 0 aromatic heterocycles. The molecule has 1 saturated carbocycles. The van der Waals surface area contributed by atoms with Gasteiger partial charge in [0.2, 0.25) is 11.8 Å². The molecule has 2 amide bonds. The summed E-state index contributed by atoms with van der Waals surface area (Å²) >= 11 is 6.16. The molecular formula is C19H27ClN2O2. The molecule has 0 saturated heterocycles. The van der Waals surface area contributed by atoms with E-state index in [9.17, 15) is 9.59 Å². The predicted octanol–water partition coefficient (Wildman–Crippen LogP) is 3.92. The van der Waals surface area contributed by atoms with Crippen LogP contribution in [0.2, 0.25) is 5.02 Å². The Morgan fingerprint density at radius 2 is 1.83 bits per heavy atom. The van der Waals surface area contributed by atoms with Gasteiger partial charge in [0.15, 0.2) is 0 Å². The average Bonchev–Trinajstić information content (AvgIpc) is 2.81. The minimum atomic E-state index is -0.0443. The molecule has 1 aromatic carbocycles. The molecule has 2 rings (SSSR count). The Bertz CT molecular complexity index is 554. The molecule has 0 unspecified atom stereocenters. The normalized spacial score (nSPS) is 15.6. The molecule has 1 fully saturated rings. The molecule has 4 nitrogen and oxygen atoms in total. The molecule has 0 spiro atoms. The maximum Gasteiger partial charge on any atom is 0.221 e. The van der Waals surface area contributed by atoms with E-state index in [1.165, 1.54) is 32.6 Å². The van der Waals surface area contributed by atoms with Gasteiger partial charge < -0.3 is 10.2 Å². The van der Waals surface area contributed by atoms with Crippen molar-refractivity contribution in [2.45, 2.75) is 64.5 Å². The standard InChI is InChI=1S/C19H27ClN2O2/c1-15(23)22(14-16-8-6-7-11-18(16)20)13-12-19(24)21-17-9-4-2-3-5-10-17/h6-8,11,17H,2-5,9-10,12-14H2,1H3,(H,21,24). The highest BCUT2D eigenvalue weighted by atomic mass is 35.5. The largest absolute Gasteiger partial charge is 0.353 e. The summed E-state index contributed by atoms with van der Waals surface area (Å²) in [6.45, 7) is 2.38. The number of carbonyl (C=O) groups is 2. The summed E-state index contributed by atoms with van der Waals surface area (Å²) in [5.41, 5.74) is 0.901. The summed E-state index contributed by atoms with van der Waals surface area (Å²) in [4.78, 5) is 25.7. The molecule has 0 bridgehead atoms. The fourth-order valence-corrected chi connectivity index (χ4v) is 3.34. The van der Waals surface area contributed by atoms with Gasteiger partial charge in [0, 0.05) is 37.5 Å². The first-order valence-electron chi connectivity index (χ1n) is 8.84. The zero-order valence-electron chi connectivity index (χ0n) is 14.4. The van der Waals surface area contributed by atoms with Crippen LogP contribution >= 0.6 is 11.6 Å². The van der Waals surface area contributed by atoms with Crippen molar-refractivity contribution in [3.05, 3.63) is 34.9 Å². The van der Waals surface area contributed by atoms with Gasteiger partial charge in [0.1, 0.15) is 0 Å². The minimum absolute atomic E-state index is 0.0345. The fraction of sp³-hybridized carbons (Fsp3) is 0.579. The van der Waals surface area contributed by atoms with Crippen LogP contribution in [0.15, 0.2) is 24.3 Å². The van der Waals surface area contributed by atoms with Crippen molar-refractivity contribution < 1.29 is 9.59 Å². The second-order valence-electron chi connectivity index (χ2n) is 6.54. The monoisotopic (exact) mass is 350 g/mol. The Hall–Kier alpha value is -1.55. The highest BCUT2D eigenvalue weighted by Gasteiger charge is 2.17. The van der Waals surface area contributed by atoms with Gasteiger partial charge in [-0.3, -0.25) is 9.59 Å². The minimum Gasteiger partial charge on any atom is -0.353 e. The summed E-state index contributed by atoms with van der Waals surface area (Å²) in [5.74, 6) is -0.00973. The molecule has 132 valence electrons. The van der Waals surface area contributed by atoms with Gasteiger partial charge >= 0.3 is 0 Å². The number of carbonyl (C=O) groups excluding carboxylic acids is 2. The first-order chi connectivity index (χ1) is 11.6. The molecule has 0 heterocycles. The lowest BCUT2D eigenvalue weighted by Crippen LogP contribution is -2.37. The van der Waals surface area contributed by atoms with Crippen LogP contribution in [0, 0.1) is 0 Å². The Kier molecular flexibility index (Phi) is 7.57. The molecule has 1 N–H and O–H groups in total. The van der Waals surface area contributed by atoms with Crippen molar-refractivity contribution in [3.8, 4) is 0 Å². The number of hydrogen-bond acceptors (Lipinski definition) is 2. The third-order valence-corrected chi connectivity index (χ3v) is 4.96. The molecule has 1 aromatic rings. The van der Waals surface area contributed by atoms with E-state index >= 15 is 0 Å². The van der Waals surface area contributed by atoms with E-state index in [4.69, 9.17) is 11.6 Å². The number of hydrogen-bond donors (Lipinski definition) is 1. The van der Waals surface area contributed by atoms with E-state index < -0.39 is 0 Å². The van der Waals surface area contributed by atoms with Gasteiger partial charge in [-0.1, -0.05) is 55.5 Å². The highest BCUT2D eigenvalue weighted by Crippen LogP contribution is 2.18. The van der Waals surface area contributed by atoms with Crippen LogP contribution in [0.4, 0.5) is 0 Å². The van der Waals surface area contributed by atoms with Gasteiger partial charge in [-0.25, -0.2) is 0 Å². The molecule has 5 heteroatoms. The van der Waals surface area contributed by atoms with Crippen molar-refractivity contribution in [2.24, 2.45) is 0 Å². The maximum atomic E-state index is 12.2. The third-order valence-electron chi connectivity index (χ3n) is 4.59. The van der Waals surface area contributed by atoms with Crippen LogP contribution in [-0.2, 0) is 16.1 Å². The summed E-state index contributed by atoms with van der Waals surface area (Å²) in [6, 6.07) is 7.79. The second-order valence-corrected chi connectivity index (χ2v) is 6.95. The molecular weight excluding hydrogens is 324 g/mol. The molecule has 1 aliphatic carbocycles. The van der Waals surface area contributed by atoms with Gasteiger partial charge in [-0.2, -0.15) is 0 Å². The molecule has 0 radical (unpaired) electrons. The zero-order chi connectivity index (χ0) is 17.4. The van der Waals surface area contributed by atoms with E-state index in [1.807, 2.05) is 24.3 Å². The van der Waals surface area contributed by atoms with Crippen LogP contribution < -0.4 is 5.32 Å². The van der Waals surface area contributed by atoms with Crippen LogP contribution in [0.25, 0.3) is 0 Å². The third kappa shape index (κ3) is 6.16. The maximum absolute atomic E-state index is 12.2. The van der Waals surface area contributed by atoms with Crippen molar-refractivity contribution in [1.29, 1.82) is 0 Å². The van der Waals surface area contributed by atoms with Crippen molar-refractivity contribution >= 4 is 23.4 Å². The summed E-state index contributed by atoms with van der Waals surface area (Å²) in [5, 5.41) is 3.77. The number of nitrogens with one attached hydrogen (secondary N) is 1. The van der Waals surface area contributed by atoms with Crippen LogP contribution in [0.5, 0.6) is 0 Å². The van der Waals surface area contributed by atoms with Crippen molar-refractivity contribution in [1.82, 2.24) is 10.2 Å². The SMILES string of the molecule is CC(=O)N(CCC(=O)NC1CCCCCC1)Cc1ccccc1Cl. The Labute approximate surface area is 149 Å². The zero-order valence-corrected chi connectivity index (χ0v) is 15.1. The average molecular weight is 351 g/mol. The Morgan fingerprint density at radius 1 is 1.17 bits per heavy atom. The molecule has 0 atom stereocenters. The summed E-state index contributed by atoms with van der Waals surface area (Å²) in [6.07, 6.45) is 7.39. The highest BCUT2D eigenvalue weighted by molar-refractivity contribution is 6.31. The van der Waals surface area contributed by atoms with E-state index in [1.54, 1.807) is 4.90 Å². The number of rotatable bonds is 6. The summed E-state index contributed by atoms with van der Waals surface area (Å²) in [7, 11) is 0. The van der Waals surface area contributed by atoms with E-state index in [2.05, 4.69) is 5.32 Å². The van der Waals surface area contributed by atoms with Crippen molar-refractivity contribution in [2.75, 3.05) is 6.54 Å². The van der Waals surface area contributed by atoms with Gasteiger partial charge in [0.25, 0.3) is 0 Å². The lowest BCUT2D eigenvalue weighted by molar-refractivity contribution is -0.130. The fourth-order valence-electron chi connectivity index (χ4n) is 3.14. The van der Waals surface area contributed by atoms with Crippen molar-refractivity contribution in [3.63, 3.8) is 0 Å². The number of amides is 2. The Morgan fingerprint density at radius 3 is 2.46 bits per heavy atom. The van der Waals surface area contributed by atoms with E-state index in [0.29, 0.717) is 30.6 Å². The van der Waals surface area contributed by atoms with Crippen LogP contribution in [0.1, 0.15) is 57.4 Å². The number of halogens is 1. The van der Waals surface area contributed by atoms with Crippen LogP contribution in [0.3, 0.4) is 0 Å². The smallest absolute Gasteiger partial charge is 0.221 e. The second kappa shape index (κ2) is 9.67. The predicted molar refractivity (Wildman–Crippen MR) is 96.8 cm³/mol. The van der Waals surface area contributed by atoms with Gasteiger partial charge in [-0.15, -0.1) is 0 Å². The van der Waals surface area contributed by atoms with Gasteiger partial charge in [0.05, 0.1) is 0 Å². The topological polar surface area (TPSA) is 49.4 Å². The van der Waals surface area contributed by atoms with E-state index in [-0.39, 0.29) is 11.8 Å². The number of nitrogens with zero attached hydrogens (tertiary/aromatic N) is 1. The molecule has 0 aliphatic heterocycles. The first-order valence-corrected chi connectivity index (χ1v) is 9.22. The number of benzene rings is 1. The lowest BCUT2D eigenvalue weighted by Gasteiger charge is -2.22. The van der Waals surface area contributed by atoms with Crippen LogP contribution in [-0.4, -0.2) is 29.3 Å². The summed E-state index contributed by atoms with van der Waals surface area (Å²) < 4.78 is 0. The lowest BCUT2D eigenvalue weighted by atomic mass is 10.1. The Balaban J connectivity index is 1.83. The van der Waals surface area contributed by atoms with Gasteiger partial charge in [-0.05, 0) is 24.5 Å². The quantitative estimate of drug-likeness (QED) is 0.790. The van der Waals surface area contributed by atoms with E-state index in [0.717, 1.165) is 18.4 Å².